The van der Waals surface area contributed by atoms with Crippen LogP contribution in [0.1, 0.15) is 23.0 Å². The molecule has 9 heteroatoms. The van der Waals surface area contributed by atoms with Crippen molar-refractivity contribution in [3.05, 3.63) is 40.6 Å². The predicted octanol–water partition coefficient (Wildman–Crippen LogP) is 1.98. The van der Waals surface area contributed by atoms with Crippen molar-refractivity contribution in [2.75, 3.05) is 5.32 Å². The van der Waals surface area contributed by atoms with Crippen LogP contribution in [0.2, 0.25) is 0 Å². The molecule has 0 aliphatic carbocycles. The molecule has 24 heavy (non-hydrogen) atoms. The van der Waals surface area contributed by atoms with Gasteiger partial charge in [-0.15, -0.1) is 11.3 Å². The minimum Gasteiger partial charge on any atom is -0.478 e. The Morgan fingerprint density at radius 2 is 2.17 bits per heavy atom. The lowest BCUT2D eigenvalue weighted by Crippen LogP contribution is -2.36. The molecule has 2 heterocycles. The monoisotopic (exact) mass is 366 g/mol. The van der Waals surface area contributed by atoms with Gasteiger partial charge in [0.15, 0.2) is 6.10 Å². The lowest BCUT2D eigenvalue weighted by molar-refractivity contribution is -0.123. The standard InChI is InChI=1S/C15H14N2O5S2/c1-2-11-14(18)16-10-8-9(5-6-12(10)22-11)24(20,21)17-15(19)13-4-3-7-23-13/h3-8,11H,2H2,1H3,(H,16,18)(H,17,19)/t11-/m0/s1. The van der Waals surface area contributed by atoms with Gasteiger partial charge in [0.1, 0.15) is 5.75 Å². The van der Waals surface area contributed by atoms with Crippen LogP contribution in [0.25, 0.3) is 0 Å². The first-order chi connectivity index (χ1) is 11.4. The first kappa shape index (κ1) is 16.5. The molecular weight excluding hydrogens is 352 g/mol. The highest BCUT2D eigenvalue weighted by atomic mass is 32.2. The highest BCUT2D eigenvalue weighted by molar-refractivity contribution is 7.90. The van der Waals surface area contributed by atoms with E-state index in [2.05, 4.69) is 5.32 Å². The number of anilines is 1. The van der Waals surface area contributed by atoms with Gasteiger partial charge < -0.3 is 10.1 Å². The molecule has 1 aliphatic heterocycles. The van der Waals surface area contributed by atoms with E-state index in [0.717, 1.165) is 11.3 Å². The molecule has 0 saturated heterocycles. The van der Waals surface area contributed by atoms with Gasteiger partial charge in [0.25, 0.3) is 21.8 Å². The van der Waals surface area contributed by atoms with Crippen molar-refractivity contribution in [2.45, 2.75) is 24.3 Å². The number of thiophene rings is 1. The van der Waals surface area contributed by atoms with Crippen LogP contribution in [-0.2, 0) is 14.8 Å². The number of rotatable bonds is 4. The van der Waals surface area contributed by atoms with Crippen LogP contribution in [0.3, 0.4) is 0 Å². The molecule has 1 aliphatic rings. The third kappa shape index (κ3) is 3.13. The van der Waals surface area contributed by atoms with E-state index in [0.29, 0.717) is 17.0 Å². The maximum Gasteiger partial charge on any atom is 0.275 e. The van der Waals surface area contributed by atoms with Gasteiger partial charge >= 0.3 is 0 Å². The van der Waals surface area contributed by atoms with Gasteiger partial charge in [-0.3, -0.25) is 9.59 Å². The number of carbonyl (C=O) groups excluding carboxylic acids is 2. The second kappa shape index (κ2) is 6.25. The summed E-state index contributed by atoms with van der Waals surface area (Å²) in [6.45, 7) is 1.81. The van der Waals surface area contributed by atoms with E-state index < -0.39 is 22.0 Å². The second-order valence-corrected chi connectivity index (χ2v) is 7.70. The number of hydrogen-bond acceptors (Lipinski definition) is 6. The van der Waals surface area contributed by atoms with Crippen LogP contribution >= 0.6 is 11.3 Å². The van der Waals surface area contributed by atoms with Gasteiger partial charge in [-0.25, -0.2) is 13.1 Å². The molecule has 0 unspecified atom stereocenters. The third-order valence-corrected chi connectivity index (χ3v) is 5.62. The molecule has 0 bridgehead atoms. The quantitative estimate of drug-likeness (QED) is 0.861. The molecular formula is C15H14N2O5S2. The lowest BCUT2D eigenvalue weighted by Gasteiger charge is -2.25. The molecule has 126 valence electrons. The zero-order valence-electron chi connectivity index (χ0n) is 12.6. The number of nitrogens with one attached hydrogen (secondary N) is 2. The SMILES string of the molecule is CC[C@@H]1Oc2ccc(S(=O)(=O)NC(=O)c3cccs3)cc2NC1=O. The fourth-order valence-electron chi connectivity index (χ4n) is 2.20. The molecule has 0 spiro atoms. The van der Waals surface area contributed by atoms with Gasteiger partial charge in [-0.05, 0) is 36.1 Å². The Morgan fingerprint density at radius 1 is 1.38 bits per heavy atom. The molecule has 1 atom stereocenters. The van der Waals surface area contributed by atoms with Crippen molar-refractivity contribution >= 4 is 38.9 Å². The number of hydrogen-bond donors (Lipinski definition) is 2. The van der Waals surface area contributed by atoms with E-state index in [1.54, 1.807) is 11.4 Å². The molecule has 2 aromatic rings. The Balaban J connectivity index is 1.86. The Morgan fingerprint density at radius 3 is 2.83 bits per heavy atom. The lowest BCUT2D eigenvalue weighted by atomic mass is 10.2. The smallest absolute Gasteiger partial charge is 0.275 e. The van der Waals surface area contributed by atoms with E-state index >= 15 is 0 Å². The second-order valence-electron chi connectivity index (χ2n) is 5.07. The van der Waals surface area contributed by atoms with Crippen LogP contribution in [0.5, 0.6) is 5.75 Å². The number of fused-ring (bicyclic) bond motifs is 1. The Kier molecular flexibility index (Phi) is 4.29. The van der Waals surface area contributed by atoms with E-state index in [-0.39, 0.29) is 16.5 Å². The van der Waals surface area contributed by atoms with Gasteiger partial charge in [-0.1, -0.05) is 13.0 Å². The van der Waals surface area contributed by atoms with Gasteiger partial charge in [0, 0.05) is 0 Å². The van der Waals surface area contributed by atoms with Gasteiger partial charge in [0.2, 0.25) is 0 Å². The van der Waals surface area contributed by atoms with E-state index in [1.807, 2.05) is 11.6 Å². The number of carbonyl (C=O) groups is 2. The average molecular weight is 366 g/mol. The summed E-state index contributed by atoms with van der Waals surface area (Å²) in [4.78, 5) is 23.9. The first-order valence-electron chi connectivity index (χ1n) is 7.13. The van der Waals surface area contributed by atoms with Crippen LogP contribution in [0.15, 0.2) is 40.6 Å². The summed E-state index contributed by atoms with van der Waals surface area (Å²) in [5.41, 5.74) is 0.260. The molecule has 0 fully saturated rings. The summed E-state index contributed by atoms with van der Waals surface area (Å²) < 4.78 is 32.2. The van der Waals surface area contributed by atoms with E-state index in [4.69, 9.17) is 4.74 Å². The van der Waals surface area contributed by atoms with Gasteiger partial charge in [-0.2, -0.15) is 0 Å². The largest absolute Gasteiger partial charge is 0.478 e. The molecule has 2 N–H and O–H groups in total. The summed E-state index contributed by atoms with van der Waals surface area (Å²) >= 11 is 1.14. The molecule has 0 saturated carbocycles. The predicted molar refractivity (Wildman–Crippen MR) is 88.7 cm³/mol. The number of amides is 2. The molecule has 2 amide bonds. The summed E-state index contributed by atoms with van der Waals surface area (Å²) in [6.07, 6.45) is -0.0964. The maximum absolute atomic E-state index is 12.3. The zero-order valence-corrected chi connectivity index (χ0v) is 14.2. The third-order valence-electron chi connectivity index (χ3n) is 3.42. The molecule has 7 nitrogen and oxygen atoms in total. The van der Waals surface area contributed by atoms with Crippen LogP contribution in [0.4, 0.5) is 5.69 Å². The maximum atomic E-state index is 12.3. The summed E-state index contributed by atoms with van der Waals surface area (Å²) in [6, 6.07) is 7.24. The summed E-state index contributed by atoms with van der Waals surface area (Å²) in [5, 5.41) is 4.29. The fraction of sp³-hybridized carbons (Fsp3) is 0.200. The minimum atomic E-state index is -4.06. The van der Waals surface area contributed by atoms with Crippen molar-refractivity contribution in [1.29, 1.82) is 0 Å². The van der Waals surface area contributed by atoms with Crippen molar-refractivity contribution in [3.63, 3.8) is 0 Å². The van der Waals surface area contributed by atoms with Crippen LogP contribution in [-0.4, -0.2) is 26.3 Å². The highest BCUT2D eigenvalue weighted by Crippen LogP contribution is 2.32. The summed E-state index contributed by atoms with van der Waals surface area (Å²) in [7, 11) is -4.06. The van der Waals surface area contributed by atoms with Crippen LogP contribution < -0.4 is 14.8 Å². The molecule has 3 rings (SSSR count). The number of ether oxygens (including phenoxy) is 1. The van der Waals surface area contributed by atoms with Crippen molar-refractivity contribution in [1.82, 2.24) is 4.72 Å². The Hall–Kier alpha value is -2.39. The Labute approximate surface area is 142 Å². The minimum absolute atomic E-state index is 0.134. The average Bonchev–Trinajstić information content (AvgIpc) is 3.07. The first-order valence-corrected chi connectivity index (χ1v) is 9.49. The molecule has 1 aromatic heterocycles. The topological polar surface area (TPSA) is 102 Å². The normalized spacial score (nSPS) is 16.7. The van der Waals surface area contributed by atoms with Gasteiger partial charge in [0.05, 0.1) is 15.5 Å². The fourth-order valence-corrected chi connectivity index (χ4v) is 3.88. The highest BCUT2D eigenvalue weighted by Gasteiger charge is 2.28. The summed E-state index contributed by atoms with van der Waals surface area (Å²) in [5.74, 6) is -0.638. The van der Waals surface area contributed by atoms with E-state index in [1.165, 1.54) is 24.3 Å². The molecule has 1 aromatic carbocycles. The number of benzene rings is 1. The van der Waals surface area contributed by atoms with Crippen molar-refractivity contribution < 1.29 is 22.7 Å². The van der Waals surface area contributed by atoms with Crippen LogP contribution in [0, 0.1) is 0 Å². The van der Waals surface area contributed by atoms with Crippen molar-refractivity contribution in [2.24, 2.45) is 0 Å². The van der Waals surface area contributed by atoms with E-state index in [9.17, 15) is 18.0 Å². The Bertz CT molecular complexity index is 891. The number of sulfonamides is 1. The van der Waals surface area contributed by atoms with Crippen molar-refractivity contribution in [3.8, 4) is 5.75 Å². The zero-order chi connectivity index (χ0) is 17.3. The molecule has 0 radical (unpaired) electrons.